The molecule has 4 nitrogen and oxygen atoms in total. The van der Waals surface area contributed by atoms with Crippen LogP contribution in [-0.4, -0.2) is 73.5 Å². The van der Waals surface area contributed by atoms with E-state index in [2.05, 4.69) is 23.6 Å². The monoisotopic (exact) mass is 213 g/mol. The predicted octanol–water partition coefficient (Wildman–Crippen LogP) is 0.101. The predicted molar refractivity (Wildman–Crippen MR) is 61.8 cm³/mol. The standard InChI is InChI=1S/C11H23N3O/c1-5-14-7-6-13(8-10(14)2)9-11(15)12(3)4/h10H,5-9H2,1-4H3/t10-/m0/s1. The Balaban J connectivity index is 2.38. The fraction of sp³-hybridized carbons (Fsp3) is 0.909. The molecular formula is C11H23N3O. The summed E-state index contributed by atoms with van der Waals surface area (Å²) >= 11 is 0. The molecule has 0 saturated carbocycles. The summed E-state index contributed by atoms with van der Waals surface area (Å²) in [5.41, 5.74) is 0. The van der Waals surface area contributed by atoms with Gasteiger partial charge in [0.1, 0.15) is 0 Å². The molecule has 1 heterocycles. The van der Waals surface area contributed by atoms with E-state index in [-0.39, 0.29) is 5.91 Å². The lowest BCUT2D eigenvalue weighted by Gasteiger charge is -2.39. The van der Waals surface area contributed by atoms with Gasteiger partial charge in [-0.2, -0.15) is 0 Å². The summed E-state index contributed by atoms with van der Waals surface area (Å²) in [6, 6.07) is 0.568. The van der Waals surface area contributed by atoms with Crippen LogP contribution in [0, 0.1) is 0 Å². The topological polar surface area (TPSA) is 26.8 Å². The van der Waals surface area contributed by atoms with E-state index in [0.717, 1.165) is 26.2 Å². The van der Waals surface area contributed by atoms with Crippen molar-refractivity contribution < 1.29 is 4.79 Å². The minimum absolute atomic E-state index is 0.201. The first-order valence-electron chi connectivity index (χ1n) is 5.71. The summed E-state index contributed by atoms with van der Waals surface area (Å²) in [7, 11) is 3.63. The molecule has 1 aliphatic heterocycles. The molecule has 0 aromatic carbocycles. The zero-order valence-corrected chi connectivity index (χ0v) is 10.4. The molecule has 0 bridgehead atoms. The first kappa shape index (κ1) is 12.5. The third-order valence-electron chi connectivity index (χ3n) is 3.11. The lowest BCUT2D eigenvalue weighted by atomic mass is 10.2. The van der Waals surface area contributed by atoms with Gasteiger partial charge in [0.05, 0.1) is 6.54 Å². The van der Waals surface area contributed by atoms with Crippen LogP contribution in [0.1, 0.15) is 13.8 Å². The van der Waals surface area contributed by atoms with Crippen molar-refractivity contribution >= 4 is 5.91 Å². The second-order valence-corrected chi connectivity index (χ2v) is 4.50. The molecule has 0 aromatic heterocycles. The number of carbonyl (C=O) groups is 1. The zero-order valence-electron chi connectivity index (χ0n) is 10.4. The molecule has 1 rings (SSSR count). The number of piperazine rings is 1. The van der Waals surface area contributed by atoms with Crippen molar-refractivity contribution in [3.8, 4) is 0 Å². The summed E-state index contributed by atoms with van der Waals surface area (Å²) in [6.45, 7) is 9.20. The third-order valence-corrected chi connectivity index (χ3v) is 3.11. The number of hydrogen-bond acceptors (Lipinski definition) is 3. The highest BCUT2D eigenvalue weighted by Crippen LogP contribution is 2.08. The summed E-state index contributed by atoms with van der Waals surface area (Å²) in [5.74, 6) is 0.201. The molecule has 15 heavy (non-hydrogen) atoms. The van der Waals surface area contributed by atoms with Crippen molar-refractivity contribution in [2.75, 3.05) is 46.8 Å². The van der Waals surface area contributed by atoms with Crippen LogP contribution in [0.5, 0.6) is 0 Å². The SMILES string of the molecule is CCN1CCN(CC(=O)N(C)C)C[C@@H]1C. The second kappa shape index (κ2) is 5.47. The maximum atomic E-state index is 11.5. The molecule has 1 saturated heterocycles. The van der Waals surface area contributed by atoms with Crippen molar-refractivity contribution in [1.29, 1.82) is 0 Å². The van der Waals surface area contributed by atoms with Gasteiger partial charge in [0.25, 0.3) is 0 Å². The Morgan fingerprint density at radius 2 is 2.07 bits per heavy atom. The number of hydrogen-bond donors (Lipinski definition) is 0. The van der Waals surface area contributed by atoms with Crippen molar-refractivity contribution in [2.24, 2.45) is 0 Å². The van der Waals surface area contributed by atoms with Gasteiger partial charge in [0.2, 0.25) is 5.91 Å². The summed E-state index contributed by atoms with van der Waals surface area (Å²) in [5, 5.41) is 0. The van der Waals surface area contributed by atoms with E-state index in [1.165, 1.54) is 0 Å². The quantitative estimate of drug-likeness (QED) is 0.665. The molecule has 1 atom stereocenters. The van der Waals surface area contributed by atoms with E-state index >= 15 is 0 Å². The van der Waals surface area contributed by atoms with Crippen molar-refractivity contribution in [1.82, 2.24) is 14.7 Å². The van der Waals surface area contributed by atoms with Crippen molar-refractivity contribution in [2.45, 2.75) is 19.9 Å². The molecule has 4 heteroatoms. The molecular weight excluding hydrogens is 190 g/mol. The number of carbonyl (C=O) groups excluding carboxylic acids is 1. The Kier molecular flexibility index (Phi) is 4.54. The molecule has 0 spiro atoms. The van der Waals surface area contributed by atoms with Crippen LogP contribution in [-0.2, 0) is 4.79 Å². The van der Waals surface area contributed by atoms with Crippen LogP contribution in [0.2, 0.25) is 0 Å². The largest absolute Gasteiger partial charge is 0.348 e. The Morgan fingerprint density at radius 1 is 1.40 bits per heavy atom. The first-order valence-corrected chi connectivity index (χ1v) is 5.71. The minimum Gasteiger partial charge on any atom is -0.348 e. The maximum absolute atomic E-state index is 11.5. The number of likely N-dealkylation sites (N-methyl/N-ethyl adjacent to an activating group) is 2. The number of nitrogens with zero attached hydrogens (tertiary/aromatic N) is 3. The van der Waals surface area contributed by atoms with Crippen LogP contribution >= 0.6 is 0 Å². The van der Waals surface area contributed by atoms with Gasteiger partial charge in [-0.25, -0.2) is 0 Å². The molecule has 0 aliphatic carbocycles. The van der Waals surface area contributed by atoms with Gasteiger partial charge in [-0.05, 0) is 13.5 Å². The molecule has 1 fully saturated rings. The van der Waals surface area contributed by atoms with Crippen LogP contribution in [0.25, 0.3) is 0 Å². The van der Waals surface area contributed by atoms with E-state index in [0.29, 0.717) is 12.6 Å². The van der Waals surface area contributed by atoms with E-state index in [9.17, 15) is 4.79 Å². The summed E-state index contributed by atoms with van der Waals surface area (Å²) in [4.78, 5) is 17.9. The minimum atomic E-state index is 0.201. The van der Waals surface area contributed by atoms with Gasteiger partial charge in [-0.3, -0.25) is 14.6 Å². The molecule has 0 aromatic rings. The van der Waals surface area contributed by atoms with Gasteiger partial charge in [-0.1, -0.05) is 6.92 Å². The molecule has 0 unspecified atom stereocenters. The fourth-order valence-electron chi connectivity index (χ4n) is 2.02. The fourth-order valence-corrected chi connectivity index (χ4v) is 2.02. The van der Waals surface area contributed by atoms with Crippen LogP contribution in [0.15, 0.2) is 0 Å². The lowest BCUT2D eigenvalue weighted by Crippen LogP contribution is -2.53. The normalized spacial score (nSPS) is 24.1. The van der Waals surface area contributed by atoms with Crippen LogP contribution in [0.3, 0.4) is 0 Å². The first-order chi connectivity index (χ1) is 7.04. The van der Waals surface area contributed by atoms with E-state index < -0.39 is 0 Å². The molecule has 0 N–H and O–H groups in total. The molecule has 1 amide bonds. The van der Waals surface area contributed by atoms with E-state index in [1.807, 2.05) is 14.1 Å². The second-order valence-electron chi connectivity index (χ2n) is 4.50. The van der Waals surface area contributed by atoms with E-state index in [1.54, 1.807) is 4.90 Å². The Hall–Kier alpha value is -0.610. The lowest BCUT2D eigenvalue weighted by molar-refractivity contribution is -0.130. The highest BCUT2D eigenvalue weighted by atomic mass is 16.2. The maximum Gasteiger partial charge on any atom is 0.236 e. The highest BCUT2D eigenvalue weighted by molar-refractivity contribution is 5.77. The summed E-state index contributed by atoms with van der Waals surface area (Å²) in [6.07, 6.45) is 0. The van der Waals surface area contributed by atoms with E-state index in [4.69, 9.17) is 0 Å². The highest BCUT2D eigenvalue weighted by Gasteiger charge is 2.23. The molecule has 0 radical (unpaired) electrons. The van der Waals surface area contributed by atoms with Crippen molar-refractivity contribution in [3.63, 3.8) is 0 Å². The Labute approximate surface area is 92.8 Å². The average molecular weight is 213 g/mol. The number of amides is 1. The zero-order chi connectivity index (χ0) is 11.4. The Bertz CT molecular complexity index is 218. The smallest absolute Gasteiger partial charge is 0.236 e. The third kappa shape index (κ3) is 3.47. The van der Waals surface area contributed by atoms with Crippen LogP contribution < -0.4 is 0 Å². The van der Waals surface area contributed by atoms with Gasteiger partial charge in [-0.15, -0.1) is 0 Å². The van der Waals surface area contributed by atoms with Gasteiger partial charge in [0, 0.05) is 39.8 Å². The summed E-state index contributed by atoms with van der Waals surface area (Å²) < 4.78 is 0. The van der Waals surface area contributed by atoms with Crippen molar-refractivity contribution in [3.05, 3.63) is 0 Å². The van der Waals surface area contributed by atoms with Gasteiger partial charge >= 0.3 is 0 Å². The molecule has 88 valence electrons. The number of rotatable bonds is 3. The van der Waals surface area contributed by atoms with Gasteiger partial charge < -0.3 is 4.90 Å². The average Bonchev–Trinajstić information content (AvgIpc) is 2.18. The Morgan fingerprint density at radius 3 is 2.53 bits per heavy atom. The molecule has 1 aliphatic rings. The van der Waals surface area contributed by atoms with Crippen LogP contribution in [0.4, 0.5) is 0 Å². The van der Waals surface area contributed by atoms with Gasteiger partial charge in [0.15, 0.2) is 0 Å².